The minimum Gasteiger partial charge on any atom is -0.366 e. The fourth-order valence-electron chi connectivity index (χ4n) is 3.12. The molecule has 6 nitrogen and oxygen atoms in total. The van der Waals surface area contributed by atoms with Crippen LogP contribution in [0.15, 0.2) is 53.0 Å². The molecule has 1 unspecified atom stereocenters. The minimum absolute atomic E-state index is 0.362. The average Bonchev–Trinajstić information content (AvgIpc) is 3.22. The molecule has 126 valence electrons. The number of carbonyl (C=O) groups excluding carboxylic acids is 1. The fourth-order valence-corrected chi connectivity index (χ4v) is 3.94. The van der Waals surface area contributed by atoms with Crippen molar-refractivity contribution in [3.8, 4) is 11.4 Å². The van der Waals surface area contributed by atoms with Crippen LogP contribution in [-0.2, 0) is 4.79 Å². The Morgan fingerprint density at radius 3 is 2.72 bits per heavy atom. The second-order valence-corrected chi connectivity index (χ2v) is 6.94. The van der Waals surface area contributed by atoms with Crippen molar-refractivity contribution in [3.05, 3.63) is 63.5 Å². The first-order valence-electron chi connectivity index (χ1n) is 7.90. The van der Waals surface area contributed by atoms with Crippen LogP contribution in [0, 0.1) is 6.92 Å². The van der Waals surface area contributed by atoms with E-state index in [-0.39, 0.29) is 6.04 Å². The van der Waals surface area contributed by atoms with Crippen molar-refractivity contribution in [1.29, 1.82) is 0 Å². The number of fused-ring (bicyclic) bond motifs is 1. The van der Waals surface area contributed by atoms with E-state index in [1.807, 2.05) is 55.6 Å². The van der Waals surface area contributed by atoms with Crippen molar-refractivity contribution in [1.82, 2.24) is 14.8 Å². The summed E-state index contributed by atoms with van der Waals surface area (Å²) in [7, 11) is 0. The van der Waals surface area contributed by atoms with E-state index in [0.717, 1.165) is 16.0 Å². The van der Waals surface area contributed by atoms with Gasteiger partial charge in [0, 0.05) is 16.1 Å². The lowest BCUT2D eigenvalue weighted by Gasteiger charge is -2.26. The topological polar surface area (TPSA) is 85.8 Å². The number of amides is 1. The molecule has 2 aromatic heterocycles. The number of hydrogen-bond donors (Lipinski definition) is 2. The number of nitrogens with zero attached hydrogens (tertiary/aromatic N) is 3. The van der Waals surface area contributed by atoms with Gasteiger partial charge in [0.05, 0.1) is 5.57 Å². The predicted octanol–water partition coefficient (Wildman–Crippen LogP) is 3.09. The standard InChI is InChI=1S/C18H17N5OS/c1-10-6-3-4-7-12(10)17-21-18-20-11(2)14(16(19)24)15(23(18)22-17)13-8-5-9-25-13/h3-9,15H,1-2H3,(H2,19,24)(H,20,21,22). The van der Waals surface area contributed by atoms with E-state index in [1.165, 1.54) is 0 Å². The number of carbonyl (C=O) groups is 1. The molecule has 0 saturated heterocycles. The Morgan fingerprint density at radius 2 is 2.04 bits per heavy atom. The number of allylic oxidation sites excluding steroid dienone is 1. The summed E-state index contributed by atoms with van der Waals surface area (Å²) in [5, 5.41) is 9.84. The molecule has 25 heavy (non-hydrogen) atoms. The van der Waals surface area contributed by atoms with E-state index in [1.54, 1.807) is 16.0 Å². The first-order valence-corrected chi connectivity index (χ1v) is 8.77. The van der Waals surface area contributed by atoms with E-state index >= 15 is 0 Å². The molecule has 7 heteroatoms. The minimum atomic E-state index is -0.456. The van der Waals surface area contributed by atoms with Crippen LogP contribution in [0.5, 0.6) is 0 Å². The van der Waals surface area contributed by atoms with Gasteiger partial charge in [-0.15, -0.1) is 16.4 Å². The Morgan fingerprint density at radius 1 is 1.24 bits per heavy atom. The zero-order chi connectivity index (χ0) is 17.6. The van der Waals surface area contributed by atoms with Crippen molar-refractivity contribution < 1.29 is 4.79 Å². The molecule has 0 fully saturated rings. The Hall–Kier alpha value is -2.93. The lowest BCUT2D eigenvalue weighted by atomic mass is 10.0. The first kappa shape index (κ1) is 15.6. The fraction of sp³-hybridized carbons (Fsp3) is 0.167. The third-order valence-electron chi connectivity index (χ3n) is 4.32. The average molecular weight is 351 g/mol. The zero-order valence-electron chi connectivity index (χ0n) is 13.9. The Labute approximate surface area is 149 Å². The SMILES string of the molecule is CC1=C(C(N)=O)C(c2cccs2)n2nc(-c3ccccc3C)nc2N1. The molecule has 0 spiro atoms. The number of anilines is 1. The maximum absolute atomic E-state index is 12.1. The van der Waals surface area contributed by atoms with Gasteiger partial charge in [-0.3, -0.25) is 4.79 Å². The van der Waals surface area contributed by atoms with E-state index in [4.69, 9.17) is 10.8 Å². The summed E-state index contributed by atoms with van der Waals surface area (Å²) >= 11 is 1.57. The monoisotopic (exact) mass is 351 g/mol. The summed E-state index contributed by atoms with van der Waals surface area (Å²) in [6.07, 6.45) is 0. The number of aromatic nitrogens is 3. The maximum atomic E-state index is 12.1. The predicted molar refractivity (Wildman–Crippen MR) is 98.2 cm³/mol. The summed E-state index contributed by atoms with van der Waals surface area (Å²) < 4.78 is 1.75. The van der Waals surface area contributed by atoms with Crippen molar-refractivity contribution in [2.24, 2.45) is 5.73 Å². The lowest BCUT2D eigenvalue weighted by molar-refractivity contribution is -0.115. The van der Waals surface area contributed by atoms with Gasteiger partial charge in [-0.25, -0.2) is 4.68 Å². The highest BCUT2D eigenvalue weighted by Gasteiger charge is 2.34. The summed E-state index contributed by atoms with van der Waals surface area (Å²) in [5.41, 5.74) is 8.94. The number of nitrogens with one attached hydrogen (secondary N) is 1. The third-order valence-corrected chi connectivity index (χ3v) is 5.24. The van der Waals surface area contributed by atoms with Crippen LogP contribution in [0.4, 0.5) is 5.95 Å². The van der Waals surface area contributed by atoms with Gasteiger partial charge in [0.25, 0.3) is 0 Å². The van der Waals surface area contributed by atoms with Crippen molar-refractivity contribution in [2.75, 3.05) is 5.32 Å². The molecule has 3 N–H and O–H groups in total. The van der Waals surface area contributed by atoms with Crippen LogP contribution in [0.3, 0.4) is 0 Å². The van der Waals surface area contributed by atoms with Crippen LogP contribution in [0.1, 0.15) is 23.4 Å². The largest absolute Gasteiger partial charge is 0.366 e. The van der Waals surface area contributed by atoms with Gasteiger partial charge in [-0.05, 0) is 30.9 Å². The molecule has 1 atom stereocenters. The van der Waals surface area contributed by atoms with Crippen LogP contribution >= 0.6 is 11.3 Å². The molecule has 0 radical (unpaired) electrons. The highest BCUT2D eigenvalue weighted by atomic mass is 32.1. The number of nitrogens with two attached hydrogens (primary N) is 1. The van der Waals surface area contributed by atoms with Gasteiger partial charge in [-0.1, -0.05) is 30.3 Å². The summed E-state index contributed by atoms with van der Waals surface area (Å²) in [6.45, 7) is 3.87. The van der Waals surface area contributed by atoms with E-state index in [2.05, 4.69) is 10.3 Å². The Kier molecular flexibility index (Phi) is 3.65. The summed E-state index contributed by atoms with van der Waals surface area (Å²) in [4.78, 5) is 17.7. The number of aryl methyl sites for hydroxylation is 1. The lowest BCUT2D eigenvalue weighted by Crippen LogP contribution is -2.31. The molecule has 1 aliphatic rings. The molecule has 4 rings (SSSR count). The molecule has 0 aliphatic carbocycles. The number of primary amides is 1. The van der Waals surface area contributed by atoms with E-state index in [0.29, 0.717) is 23.0 Å². The zero-order valence-corrected chi connectivity index (χ0v) is 14.7. The smallest absolute Gasteiger partial charge is 0.248 e. The summed E-state index contributed by atoms with van der Waals surface area (Å²) in [6, 6.07) is 11.5. The Balaban J connectivity index is 1.90. The molecule has 1 aliphatic heterocycles. The number of hydrogen-bond acceptors (Lipinski definition) is 5. The van der Waals surface area contributed by atoms with Gasteiger partial charge >= 0.3 is 0 Å². The number of rotatable bonds is 3. The van der Waals surface area contributed by atoms with Crippen molar-refractivity contribution in [2.45, 2.75) is 19.9 Å². The second kappa shape index (κ2) is 5.86. The van der Waals surface area contributed by atoms with Gasteiger partial charge < -0.3 is 11.1 Å². The van der Waals surface area contributed by atoms with E-state index in [9.17, 15) is 4.79 Å². The highest BCUT2D eigenvalue weighted by molar-refractivity contribution is 7.10. The van der Waals surface area contributed by atoms with Gasteiger partial charge in [0.15, 0.2) is 5.82 Å². The van der Waals surface area contributed by atoms with Crippen LogP contribution in [-0.4, -0.2) is 20.7 Å². The molecule has 3 aromatic rings. The Bertz CT molecular complexity index is 987. The van der Waals surface area contributed by atoms with E-state index < -0.39 is 5.91 Å². The van der Waals surface area contributed by atoms with Crippen LogP contribution in [0.2, 0.25) is 0 Å². The normalized spacial score (nSPS) is 16.5. The molecular weight excluding hydrogens is 334 g/mol. The molecule has 0 bridgehead atoms. The van der Waals surface area contributed by atoms with Crippen molar-refractivity contribution >= 4 is 23.2 Å². The second-order valence-electron chi connectivity index (χ2n) is 5.96. The van der Waals surface area contributed by atoms with Crippen LogP contribution in [0.25, 0.3) is 11.4 Å². The van der Waals surface area contributed by atoms with Crippen molar-refractivity contribution in [3.63, 3.8) is 0 Å². The molecule has 1 aromatic carbocycles. The number of thiophene rings is 1. The highest BCUT2D eigenvalue weighted by Crippen LogP contribution is 2.37. The van der Waals surface area contributed by atoms with Crippen LogP contribution < -0.4 is 11.1 Å². The van der Waals surface area contributed by atoms with Gasteiger partial charge in [0.1, 0.15) is 6.04 Å². The maximum Gasteiger partial charge on any atom is 0.248 e. The van der Waals surface area contributed by atoms with Gasteiger partial charge in [-0.2, -0.15) is 4.98 Å². The molecule has 0 saturated carbocycles. The quantitative estimate of drug-likeness (QED) is 0.759. The molecule has 1 amide bonds. The first-order chi connectivity index (χ1) is 12.1. The molecule has 3 heterocycles. The summed E-state index contributed by atoms with van der Waals surface area (Å²) in [5.74, 6) is 0.779. The number of benzene rings is 1. The van der Waals surface area contributed by atoms with Gasteiger partial charge in [0.2, 0.25) is 11.9 Å². The third kappa shape index (κ3) is 2.53. The molecular formula is C18H17N5OS.